The minimum absolute atomic E-state index is 0.224. The number of nitrogens with zero attached hydrogens (tertiary/aromatic N) is 5. The Hall–Kier alpha value is -3.05. The van der Waals surface area contributed by atoms with Crippen molar-refractivity contribution < 1.29 is 13.2 Å². The van der Waals surface area contributed by atoms with Gasteiger partial charge in [0.2, 0.25) is 10.0 Å². The largest absolute Gasteiger partial charge is 0.325 e. The Morgan fingerprint density at radius 1 is 1.27 bits per heavy atom. The number of benzene rings is 1. The molecule has 0 saturated carbocycles. The number of nitrogens with one attached hydrogen (secondary N) is 2. The molecule has 0 radical (unpaired) electrons. The van der Waals surface area contributed by atoms with Crippen LogP contribution in [-0.4, -0.2) is 63.0 Å². The first-order valence-corrected chi connectivity index (χ1v) is 11.4. The van der Waals surface area contributed by atoms with Crippen molar-refractivity contribution in [2.45, 2.75) is 25.4 Å². The van der Waals surface area contributed by atoms with Crippen molar-refractivity contribution in [1.29, 1.82) is 0 Å². The van der Waals surface area contributed by atoms with Crippen LogP contribution >= 0.6 is 0 Å². The van der Waals surface area contributed by atoms with E-state index < -0.39 is 22.1 Å². The van der Waals surface area contributed by atoms with Gasteiger partial charge in [-0.2, -0.15) is 10.2 Å². The van der Waals surface area contributed by atoms with Gasteiger partial charge in [-0.1, -0.05) is 30.3 Å². The van der Waals surface area contributed by atoms with Crippen LogP contribution in [0.4, 0.5) is 0 Å². The molecule has 2 N–H and O–H groups in total. The van der Waals surface area contributed by atoms with E-state index in [1.165, 1.54) is 4.68 Å². The first-order valence-electron chi connectivity index (χ1n) is 9.48. The SMILES string of the molecule is Cc1cc(C(=O)N2CC(NS(C)(=O)=O)CC2c2nc(-c3ccccc3)n[nH]2)n(C)n1. The van der Waals surface area contributed by atoms with Crippen molar-refractivity contribution in [3.05, 3.63) is 53.6 Å². The van der Waals surface area contributed by atoms with E-state index in [0.717, 1.165) is 17.5 Å². The highest BCUT2D eigenvalue weighted by Gasteiger charge is 2.40. The molecule has 3 heterocycles. The number of carbonyl (C=O) groups excluding carboxylic acids is 1. The number of H-pyrrole nitrogens is 1. The second kappa shape index (κ2) is 7.65. The lowest BCUT2D eigenvalue weighted by atomic mass is 10.1. The third-order valence-corrected chi connectivity index (χ3v) is 5.78. The summed E-state index contributed by atoms with van der Waals surface area (Å²) in [5, 5.41) is 11.5. The molecule has 1 aliphatic heterocycles. The lowest BCUT2D eigenvalue weighted by molar-refractivity contribution is 0.0717. The highest BCUT2D eigenvalue weighted by Crippen LogP contribution is 2.32. The number of amides is 1. The van der Waals surface area contributed by atoms with E-state index in [1.807, 2.05) is 37.3 Å². The maximum absolute atomic E-state index is 13.3. The molecule has 0 bridgehead atoms. The van der Waals surface area contributed by atoms with E-state index in [2.05, 4.69) is 25.0 Å². The Balaban J connectivity index is 1.67. The third-order valence-electron chi connectivity index (χ3n) is 5.01. The summed E-state index contributed by atoms with van der Waals surface area (Å²) in [5.74, 6) is 0.798. The molecule has 1 amide bonds. The van der Waals surface area contributed by atoms with E-state index in [1.54, 1.807) is 18.0 Å². The smallest absolute Gasteiger partial charge is 0.272 e. The molecule has 158 valence electrons. The van der Waals surface area contributed by atoms with Gasteiger partial charge in [0.15, 0.2) is 5.82 Å². The molecule has 1 aliphatic rings. The maximum atomic E-state index is 13.3. The quantitative estimate of drug-likeness (QED) is 0.624. The van der Waals surface area contributed by atoms with Crippen LogP contribution in [-0.2, 0) is 17.1 Å². The van der Waals surface area contributed by atoms with E-state index in [9.17, 15) is 13.2 Å². The van der Waals surface area contributed by atoms with E-state index >= 15 is 0 Å². The summed E-state index contributed by atoms with van der Waals surface area (Å²) in [6.07, 6.45) is 1.50. The molecule has 10 nitrogen and oxygen atoms in total. The maximum Gasteiger partial charge on any atom is 0.272 e. The van der Waals surface area contributed by atoms with Crippen molar-refractivity contribution in [3.63, 3.8) is 0 Å². The number of likely N-dealkylation sites (tertiary alicyclic amines) is 1. The number of carbonyl (C=O) groups is 1. The van der Waals surface area contributed by atoms with Gasteiger partial charge in [-0.25, -0.2) is 18.1 Å². The average Bonchev–Trinajstić information content (AvgIpc) is 3.39. The Morgan fingerprint density at radius 3 is 2.63 bits per heavy atom. The minimum Gasteiger partial charge on any atom is -0.325 e. The van der Waals surface area contributed by atoms with Gasteiger partial charge in [-0.15, -0.1) is 0 Å². The van der Waals surface area contributed by atoms with Gasteiger partial charge in [-0.05, 0) is 19.4 Å². The van der Waals surface area contributed by atoms with Gasteiger partial charge >= 0.3 is 0 Å². The van der Waals surface area contributed by atoms with Crippen LogP contribution in [0.3, 0.4) is 0 Å². The highest BCUT2D eigenvalue weighted by molar-refractivity contribution is 7.88. The van der Waals surface area contributed by atoms with Gasteiger partial charge in [0, 0.05) is 25.2 Å². The van der Waals surface area contributed by atoms with Gasteiger partial charge in [0.05, 0.1) is 18.0 Å². The molecule has 2 aromatic heterocycles. The molecular formula is C19H23N7O3S. The fourth-order valence-corrected chi connectivity index (χ4v) is 4.58. The summed E-state index contributed by atoms with van der Waals surface area (Å²) >= 11 is 0. The summed E-state index contributed by atoms with van der Waals surface area (Å²) in [5.41, 5.74) is 2.01. The summed E-state index contributed by atoms with van der Waals surface area (Å²) in [6.45, 7) is 2.04. The molecule has 11 heteroatoms. The van der Waals surface area contributed by atoms with Crippen LogP contribution in [0.1, 0.15) is 34.5 Å². The molecule has 2 unspecified atom stereocenters. The first-order chi connectivity index (χ1) is 14.2. The normalized spacial score (nSPS) is 19.4. The molecule has 2 atom stereocenters. The number of aromatic amines is 1. The summed E-state index contributed by atoms with van der Waals surface area (Å²) in [7, 11) is -1.71. The number of aryl methyl sites for hydroxylation is 2. The van der Waals surface area contributed by atoms with Crippen LogP contribution < -0.4 is 4.72 Å². The van der Waals surface area contributed by atoms with E-state index in [-0.39, 0.29) is 12.5 Å². The molecule has 1 aromatic carbocycles. The summed E-state index contributed by atoms with van der Waals surface area (Å²) in [4.78, 5) is 19.5. The second-order valence-electron chi connectivity index (χ2n) is 7.50. The number of hydrogen-bond donors (Lipinski definition) is 2. The van der Waals surface area contributed by atoms with Gasteiger partial charge in [-0.3, -0.25) is 14.6 Å². The predicted octanol–water partition coefficient (Wildman–Crippen LogP) is 1.02. The number of aromatic nitrogens is 5. The number of rotatable bonds is 5. The Morgan fingerprint density at radius 2 is 2.00 bits per heavy atom. The zero-order valence-electron chi connectivity index (χ0n) is 16.9. The Kier molecular flexibility index (Phi) is 5.16. The van der Waals surface area contributed by atoms with E-state index in [0.29, 0.717) is 23.8 Å². The first kappa shape index (κ1) is 20.2. The molecule has 0 spiro atoms. The van der Waals surface area contributed by atoms with Crippen molar-refractivity contribution in [3.8, 4) is 11.4 Å². The summed E-state index contributed by atoms with van der Waals surface area (Å²) < 4.78 is 27.7. The van der Waals surface area contributed by atoms with Crippen LogP contribution in [0.25, 0.3) is 11.4 Å². The topological polar surface area (TPSA) is 126 Å². The number of sulfonamides is 1. The minimum atomic E-state index is -3.42. The fourth-order valence-electron chi connectivity index (χ4n) is 3.81. The standard InChI is InChI=1S/C19H23N7O3S/c1-12-9-16(25(2)23-12)19(27)26-11-14(24-30(3,28)29)10-15(26)18-20-17(21-22-18)13-7-5-4-6-8-13/h4-9,14-15,24H,10-11H2,1-3H3,(H,20,21,22). The van der Waals surface area contributed by atoms with Gasteiger partial charge in [0.25, 0.3) is 5.91 Å². The zero-order valence-corrected chi connectivity index (χ0v) is 17.7. The van der Waals surface area contributed by atoms with Crippen LogP contribution in [0.15, 0.2) is 36.4 Å². The lowest BCUT2D eigenvalue weighted by Crippen LogP contribution is -2.38. The number of hydrogen-bond acceptors (Lipinski definition) is 6. The van der Waals surface area contributed by atoms with Crippen molar-refractivity contribution in [2.24, 2.45) is 7.05 Å². The molecular weight excluding hydrogens is 406 g/mol. The Labute approximate surface area is 174 Å². The average molecular weight is 430 g/mol. The van der Waals surface area contributed by atoms with Crippen LogP contribution in [0, 0.1) is 6.92 Å². The molecule has 4 rings (SSSR count). The zero-order chi connectivity index (χ0) is 21.5. The molecule has 30 heavy (non-hydrogen) atoms. The lowest BCUT2D eigenvalue weighted by Gasteiger charge is -2.22. The third kappa shape index (κ3) is 4.12. The van der Waals surface area contributed by atoms with Crippen molar-refractivity contribution in [2.75, 3.05) is 12.8 Å². The monoisotopic (exact) mass is 429 g/mol. The molecule has 3 aromatic rings. The molecule has 0 aliphatic carbocycles. The summed E-state index contributed by atoms with van der Waals surface area (Å²) in [6, 6.07) is 10.3. The van der Waals surface area contributed by atoms with Gasteiger partial charge < -0.3 is 4.90 Å². The Bertz CT molecular complexity index is 1170. The van der Waals surface area contributed by atoms with Gasteiger partial charge in [0.1, 0.15) is 11.5 Å². The van der Waals surface area contributed by atoms with E-state index in [4.69, 9.17) is 0 Å². The van der Waals surface area contributed by atoms with Crippen LogP contribution in [0.2, 0.25) is 0 Å². The second-order valence-corrected chi connectivity index (χ2v) is 9.28. The van der Waals surface area contributed by atoms with Crippen molar-refractivity contribution in [1.82, 2.24) is 34.6 Å². The predicted molar refractivity (Wildman–Crippen MR) is 110 cm³/mol. The highest BCUT2D eigenvalue weighted by atomic mass is 32.2. The van der Waals surface area contributed by atoms with Crippen molar-refractivity contribution >= 4 is 15.9 Å². The molecule has 1 saturated heterocycles. The van der Waals surface area contributed by atoms with Crippen LogP contribution in [0.5, 0.6) is 0 Å². The fraction of sp³-hybridized carbons (Fsp3) is 0.368. The molecule has 1 fully saturated rings.